The van der Waals surface area contributed by atoms with Crippen molar-refractivity contribution in [1.82, 2.24) is 19.3 Å². The second kappa shape index (κ2) is 6.49. The molecule has 2 aromatic rings. The smallest absolute Gasteiger partial charge is 0.244 e. The molecular formula is C12H17N5O2S. The summed E-state index contributed by atoms with van der Waals surface area (Å²) in [5.74, 6) is 0.0124. The zero-order valence-electron chi connectivity index (χ0n) is 10.9. The summed E-state index contributed by atoms with van der Waals surface area (Å²) >= 11 is 0. The first-order valence-electron chi connectivity index (χ1n) is 6.25. The van der Waals surface area contributed by atoms with Gasteiger partial charge in [0, 0.05) is 31.7 Å². The molecule has 7 nitrogen and oxygen atoms in total. The van der Waals surface area contributed by atoms with Crippen LogP contribution >= 0.6 is 0 Å². The molecule has 20 heavy (non-hydrogen) atoms. The first kappa shape index (κ1) is 14.5. The molecule has 0 saturated heterocycles. The predicted octanol–water partition coefficient (Wildman–Crippen LogP) is 0.619. The Morgan fingerprint density at radius 3 is 2.85 bits per heavy atom. The third-order valence-electron chi connectivity index (χ3n) is 2.78. The molecule has 2 rings (SSSR count). The molecule has 0 aromatic carbocycles. The fourth-order valence-corrected chi connectivity index (χ4v) is 2.91. The van der Waals surface area contributed by atoms with Crippen molar-refractivity contribution in [2.75, 3.05) is 12.3 Å². The van der Waals surface area contributed by atoms with Crippen molar-refractivity contribution in [3.8, 4) is 0 Å². The van der Waals surface area contributed by atoms with Gasteiger partial charge in [-0.25, -0.2) is 23.1 Å². The van der Waals surface area contributed by atoms with E-state index in [1.54, 1.807) is 18.6 Å². The van der Waals surface area contributed by atoms with Gasteiger partial charge in [-0.05, 0) is 25.0 Å². The number of nitrogens with two attached hydrogens (primary N) is 1. The van der Waals surface area contributed by atoms with E-state index in [-0.39, 0.29) is 10.7 Å². The molecule has 0 spiro atoms. The molecule has 0 fully saturated rings. The fraction of sp³-hybridized carbons (Fsp3) is 0.333. The van der Waals surface area contributed by atoms with Crippen LogP contribution in [-0.4, -0.2) is 29.5 Å². The van der Waals surface area contributed by atoms with Gasteiger partial charge in [0.15, 0.2) is 0 Å². The van der Waals surface area contributed by atoms with Gasteiger partial charge in [0.05, 0.1) is 6.33 Å². The van der Waals surface area contributed by atoms with Crippen LogP contribution in [0.25, 0.3) is 0 Å². The van der Waals surface area contributed by atoms with Gasteiger partial charge < -0.3 is 10.3 Å². The predicted molar refractivity (Wildman–Crippen MR) is 75.3 cm³/mol. The number of hydrogen-bond acceptors (Lipinski definition) is 5. The molecule has 0 amide bonds. The van der Waals surface area contributed by atoms with Gasteiger partial charge in [0.1, 0.15) is 10.7 Å². The number of unbranched alkanes of at least 4 members (excludes halogenated alkanes) is 1. The van der Waals surface area contributed by atoms with Crippen molar-refractivity contribution in [2.24, 2.45) is 0 Å². The van der Waals surface area contributed by atoms with Gasteiger partial charge in [-0.2, -0.15) is 0 Å². The van der Waals surface area contributed by atoms with Crippen LogP contribution in [-0.2, 0) is 16.6 Å². The molecule has 3 N–H and O–H groups in total. The van der Waals surface area contributed by atoms with E-state index in [4.69, 9.17) is 5.73 Å². The maximum Gasteiger partial charge on any atom is 0.244 e. The molecule has 0 bridgehead atoms. The average Bonchev–Trinajstić information content (AvgIpc) is 2.91. The number of pyridine rings is 1. The lowest BCUT2D eigenvalue weighted by Crippen LogP contribution is -2.26. The highest BCUT2D eigenvalue weighted by Crippen LogP contribution is 2.13. The van der Waals surface area contributed by atoms with Crippen molar-refractivity contribution in [3.63, 3.8) is 0 Å². The minimum absolute atomic E-state index is 0.0124. The standard InChI is InChI=1S/C12H17N5O2S/c13-12-11(4-3-5-15-12)20(18,19)16-6-1-2-8-17-9-7-14-10-17/h3-5,7,9-10,16H,1-2,6,8H2,(H2,13,15). The summed E-state index contributed by atoms with van der Waals surface area (Å²) < 4.78 is 28.5. The maximum atomic E-state index is 12.0. The second-order valence-corrected chi connectivity index (χ2v) is 6.03. The highest BCUT2D eigenvalue weighted by atomic mass is 32.2. The topological polar surface area (TPSA) is 103 Å². The van der Waals surface area contributed by atoms with Gasteiger partial charge >= 0.3 is 0 Å². The maximum absolute atomic E-state index is 12.0. The number of nitrogens with one attached hydrogen (secondary N) is 1. The van der Waals surface area contributed by atoms with E-state index in [1.807, 2.05) is 10.8 Å². The van der Waals surface area contributed by atoms with E-state index in [9.17, 15) is 8.42 Å². The van der Waals surface area contributed by atoms with E-state index in [2.05, 4.69) is 14.7 Å². The van der Waals surface area contributed by atoms with Gasteiger partial charge in [0.25, 0.3) is 0 Å². The first-order chi connectivity index (χ1) is 9.59. The summed E-state index contributed by atoms with van der Waals surface area (Å²) in [6.45, 7) is 1.18. The molecule has 0 radical (unpaired) electrons. The number of nitrogens with zero attached hydrogens (tertiary/aromatic N) is 3. The molecule has 0 unspecified atom stereocenters. The third kappa shape index (κ3) is 3.78. The van der Waals surface area contributed by atoms with Gasteiger partial charge in [-0.3, -0.25) is 0 Å². The summed E-state index contributed by atoms with van der Waals surface area (Å²) in [5, 5.41) is 0. The van der Waals surface area contributed by atoms with Crippen molar-refractivity contribution < 1.29 is 8.42 Å². The van der Waals surface area contributed by atoms with Crippen LogP contribution < -0.4 is 10.5 Å². The highest BCUT2D eigenvalue weighted by Gasteiger charge is 2.16. The largest absolute Gasteiger partial charge is 0.383 e. The molecule has 2 aromatic heterocycles. The monoisotopic (exact) mass is 295 g/mol. The molecule has 2 heterocycles. The normalized spacial score (nSPS) is 11.6. The summed E-state index contributed by atoms with van der Waals surface area (Å²) in [4.78, 5) is 7.74. The summed E-state index contributed by atoms with van der Waals surface area (Å²) in [7, 11) is -3.58. The van der Waals surface area contributed by atoms with Crippen LogP contribution in [0.3, 0.4) is 0 Å². The number of anilines is 1. The van der Waals surface area contributed by atoms with E-state index >= 15 is 0 Å². The van der Waals surface area contributed by atoms with Crippen LogP contribution in [0, 0.1) is 0 Å². The van der Waals surface area contributed by atoms with E-state index in [1.165, 1.54) is 12.3 Å². The Labute approximate surface area is 117 Å². The molecule has 0 saturated carbocycles. The third-order valence-corrected chi connectivity index (χ3v) is 4.29. The van der Waals surface area contributed by atoms with Gasteiger partial charge in [-0.15, -0.1) is 0 Å². The van der Waals surface area contributed by atoms with Crippen LogP contribution in [0.2, 0.25) is 0 Å². The Balaban J connectivity index is 1.80. The zero-order chi connectivity index (χ0) is 14.4. The Bertz CT molecular complexity index is 640. The molecule has 108 valence electrons. The lowest BCUT2D eigenvalue weighted by Gasteiger charge is -2.08. The van der Waals surface area contributed by atoms with Crippen molar-refractivity contribution >= 4 is 15.8 Å². The van der Waals surface area contributed by atoms with E-state index < -0.39 is 10.0 Å². The molecule has 8 heteroatoms. The average molecular weight is 295 g/mol. The number of rotatable bonds is 7. The SMILES string of the molecule is Nc1ncccc1S(=O)(=O)NCCCCn1ccnc1. The number of nitrogen functional groups attached to an aromatic ring is 1. The van der Waals surface area contributed by atoms with Crippen molar-refractivity contribution in [1.29, 1.82) is 0 Å². The summed E-state index contributed by atoms with van der Waals surface area (Å²) in [5.41, 5.74) is 5.56. The van der Waals surface area contributed by atoms with Gasteiger partial charge in [-0.1, -0.05) is 0 Å². The Morgan fingerprint density at radius 2 is 2.15 bits per heavy atom. The minimum atomic E-state index is -3.58. The van der Waals surface area contributed by atoms with Gasteiger partial charge in [0.2, 0.25) is 10.0 Å². The van der Waals surface area contributed by atoms with Crippen molar-refractivity contribution in [3.05, 3.63) is 37.1 Å². The first-order valence-corrected chi connectivity index (χ1v) is 7.74. The second-order valence-electron chi connectivity index (χ2n) is 4.29. The van der Waals surface area contributed by atoms with Crippen molar-refractivity contribution in [2.45, 2.75) is 24.3 Å². The highest BCUT2D eigenvalue weighted by molar-refractivity contribution is 7.89. The molecule has 0 aliphatic carbocycles. The Hall–Kier alpha value is -1.93. The van der Waals surface area contributed by atoms with E-state index in [0.717, 1.165) is 19.4 Å². The van der Waals surface area contributed by atoms with Crippen LogP contribution in [0.4, 0.5) is 5.82 Å². The van der Waals surface area contributed by atoms with E-state index in [0.29, 0.717) is 6.54 Å². The zero-order valence-corrected chi connectivity index (χ0v) is 11.8. The Morgan fingerprint density at radius 1 is 1.30 bits per heavy atom. The van der Waals surface area contributed by atoms with Crippen LogP contribution in [0.1, 0.15) is 12.8 Å². The lowest BCUT2D eigenvalue weighted by molar-refractivity contribution is 0.566. The number of imidazole rings is 1. The lowest BCUT2D eigenvalue weighted by atomic mass is 10.3. The van der Waals surface area contributed by atoms with Crippen LogP contribution in [0.15, 0.2) is 41.9 Å². The minimum Gasteiger partial charge on any atom is -0.383 e. The number of aromatic nitrogens is 3. The fourth-order valence-electron chi connectivity index (χ4n) is 1.75. The number of hydrogen-bond donors (Lipinski definition) is 2. The molecule has 0 atom stereocenters. The summed E-state index contributed by atoms with van der Waals surface area (Å²) in [6, 6.07) is 2.99. The molecule has 0 aliphatic rings. The van der Waals surface area contributed by atoms with Crippen LogP contribution in [0.5, 0.6) is 0 Å². The quantitative estimate of drug-likeness (QED) is 0.729. The molecular weight excluding hydrogens is 278 g/mol. The Kier molecular flexibility index (Phi) is 4.70. The molecule has 0 aliphatic heterocycles. The summed E-state index contributed by atoms with van der Waals surface area (Å²) in [6.07, 6.45) is 8.38. The number of sulfonamides is 1. The number of aryl methyl sites for hydroxylation is 1.